The Balaban J connectivity index is 0. The maximum absolute atomic E-state index is 10.2. The number of rotatable bonds is 5. The van der Waals surface area contributed by atoms with Gasteiger partial charge in [-0.25, -0.2) is 4.79 Å². The third-order valence-corrected chi connectivity index (χ3v) is 1.55. The highest BCUT2D eigenvalue weighted by atomic mass is 16.5. The van der Waals surface area contributed by atoms with Crippen molar-refractivity contribution >= 4 is 17.8 Å². The fourth-order valence-corrected chi connectivity index (χ4v) is 0.595. The topological polar surface area (TPSA) is 133 Å². The molecule has 98 valence electrons. The summed E-state index contributed by atoms with van der Waals surface area (Å²) in [5, 5.41) is 8.22. The van der Waals surface area contributed by atoms with Gasteiger partial charge >= 0.3 is 11.9 Å². The van der Waals surface area contributed by atoms with Crippen LogP contribution < -0.4 is 11.5 Å². The first-order valence-electron chi connectivity index (χ1n) is 4.72. The van der Waals surface area contributed by atoms with E-state index in [2.05, 4.69) is 11.3 Å². The summed E-state index contributed by atoms with van der Waals surface area (Å²) in [6, 6.07) is -0.979. The summed E-state index contributed by atoms with van der Waals surface area (Å²) in [5.41, 5.74) is 10.2. The lowest BCUT2D eigenvalue weighted by Crippen LogP contribution is -2.31. The van der Waals surface area contributed by atoms with E-state index in [1.165, 1.54) is 7.11 Å². The number of hydrogen-bond acceptors (Lipinski definition) is 5. The zero-order valence-corrected chi connectivity index (χ0v) is 9.93. The summed E-state index contributed by atoms with van der Waals surface area (Å²) in [7, 11) is 1.33. The number of ether oxygens (including phenoxy) is 1. The Hall–Kier alpha value is -1.89. The maximum Gasteiger partial charge on any atom is 0.332 e. The molecule has 17 heavy (non-hydrogen) atoms. The van der Waals surface area contributed by atoms with Crippen LogP contribution in [-0.2, 0) is 19.1 Å². The number of carbonyl (C=O) groups is 3. The van der Waals surface area contributed by atoms with Crippen molar-refractivity contribution in [3.05, 3.63) is 12.2 Å². The van der Waals surface area contributed by atoms with E-state index in [-0.39, 0.29) is 18.8 Å². The maximum atomic E-state index is 10.2. The SMILES string of the molecule is C=C(C)C(=O)OC.NC(=O)CCC(N)C(=O)O. The molecule has 0 saturated carbocycles. The number of methoxy groups -OCH3 is 1. The van der Waals surface area contributed by atoms with Crippen molar-refractivity contribution in [3.63, 3.8) is 0 Å². The molecule has 0 rings (SSSR count). The number of carboxylic acids is 1. The van der Waals surface area contributed by atoms with Crippen LogP contribution in [-0.4, -0.2) is 36.1 Å². The van der Waals surface area contributed by atoms with Crippen LogP contribution in [0, 0.1) is 0 Å². The molecule has 0 spiro atoms. The monoisotopic (exact) mass is 246 g/mol. The van der Waals surface area contributed by atoms with Crippen molar-refractivity contribution in [1.82, 2.24) is 0 Å². The van der Waals surface area contributed by atoms with E-state index in [4.69, 9.17) is 16.6 Å². The molecule has 0 aliphatic carbocycles. The van der Waals surface area contributed by atoms with Gasteiger partial charge in [0.15, 0.2) is 0 Å². The first-order chi connectivity index (χ1) is 7.72. The van der Waals surface area contributed by atoms with Gasteiger partial charge in [-0.3, -0.25) is 9.59 Å². The van der Waals surface area contributed by atoms with Crippen LogP contribution in [0.5, 0.6) is 0 Å². The molecule has 0 aliphatic heterocycles. The van der Waals surface area contributed by atoms with Crippen LogP contribution in [0.4, 0.5) is 0 Å². The number of carbonyl (C=O) groups excluding carboxylic acids is 2. The van der Waals surface area contributed by atoms with Gasteiger partial charge in [-0.1, -0.05) is 6.58 Å². The summed E-state index contributed by atoms with van der Waals surface area (Å²) >= 11 is 0. The van der Waals surface area contributed by atoms with Crippen LogP contribution in [0.2, 0.25) is 0 Å². The average Bonchev–Trinajstić information content (AvgIpc) is 2.24. The highest BCUT2D eigenvalue weighted by Crippen LogP contribution is 1.92. The molecule has 1 amide bonds. The predicted octanol–water partition coefficient (Wildman–Crippen LogP) is -0.601. The Kier molecular flexibility index (Phi) is 9.62. The Bertz CT molecular complexity index is 301. The second kappa shape index (κ2) is 9.34. The Morgan fingerprint density at radius 1 is 1.41 bits per heavy atom. The van der Waals surface area contributed by atoms with Crippen molar-refractivity contribution in [2.24, 2.45) is 11.5 Å². The van der Waals surface area contributed by atoms with E-state index in [1.54, 1.807) is 6.92 Å². The van der Waals surface area contributed by atoms with Crippen molar-refractivity contribution in [1.29, 1.82) is 0 Å². The van der Waals surface area contributed by atoms with Crippen LogP contribution in [0.25, 0.3) is 0 Å². The summed E-state index contributed by atoms with van der Waals surface area (Å²) < 4.78 is 4.27. The van der Waals surface area contributed by atoms with Gasteiger partial charge in [0.1, 0.15) is 6.04 Å². The average molecular weight is 246 g/mol. The number of nitrogens with two attached hydrogens (primary N) is 2. The van der Waals surface area contributed by atoms with E-state index < -0.39 is 17.9 Å². The third kappa shape index (κ3) is 12.0. The van der Waals surface area contributed by atoms with Crippen LogP contribution in [0.1, 0.15) is 19.8 Å². The summed E-state index contributed by atoms with van der Waals surface area (Å²) in [5.74, 6) is -1.99. The van der Waals surface area contributed by atoms with E-state index in [0.29, 0.717) is 5.57 Å². The van der Waals surface area contributed by atoms with Crippen molar-refractivity contribution in [3.8, 4) is 0 Å². The standard InChI is InChI=1S/C5H10N2O3.C5H8O2/c6-3(5(9)10)1-2-4(7)8;1-4(2)5(6)7-3/h3H,1-2,6H2,(H2,7,8)(H,9,10);1H2,2-3H3. The molecule has 0 saturated heterocycles. The van der Waals surface area contributed by atoms with Crippen LogP contribution in [0.3, 0.4) is 0 Å². The number of primary amides is 1. The van der Waals surface area contributed by atoms with Gasteiger partial charge in [-0.2, -0.15) is 0 Å². The van der Waals surface area contributed by atoms with Gasteiger partial charge in [-0.15, -0.1) is 0 Å². The van der Waals surface area contributed by atoms with E-state index in [9.17, 15) is 14.4 Å². The number of amides is 1. The number of aliphatic carboxylic acids is 1. The Labute approximate surface area is 99.4 Å². The third-order valence-electron chi connectivity index (χ3n) is 1.55. The quantitative estimate of drug-likeness (QED) is 0.438. The molecule has 0 aliphatic rings. The summed E-state index contributed by atoms with van der Waals surface area (Å²) in [6.45, 7) is 4.95. The number of esters is 1. The van der Waals surface area contributed by atoms with E-state index >= 15 is 0 Å². The first kappa shape index (κ1) is 17.5. The molecule has 5 N–H and O–H groups in total. The zero-order valence-electron chi connectivity index (χ0n) is 9.93. The lowest BCUT2D eigenvalue weighted by Gasteiger charge is -2.01. The summed E-state index contributed by atoms with van der Waals surface area (Å²) in [4.78, 5) is 30.3. The highest BCUT2D eigenvalue weighted by molar-refractivity contribution is 5.86. The second-order valence-corrected chi connectivity index (χ2v) is 3.22. The Morgan fingerprint density at radius 3 is 2.06 bits per heavy atom. The lowest BCUT2D eigenvalue weighted by molar-refractivity contribution is -0.139. The van der Waals surface area contributed by atoms with E-state index in [1.807, 2.05) is 0 Å². The predicted molar refractivity (Wildman–Crippen MR) is 60.9 cm³/mol. The molecule has 0 aromatic heterocycles. The highest BCUT2D eigenvalue weighted by Gasteiger charge is 2.11. The van der Waals surface area contributed by atoms with Gasteiger partial charge in [0.2, 0.25) is 5.91 Å². The Morgan fingerprint density at radius 2 is 1.88 bits per heavy atom. The molecule has 7 heteroatoms. The molecule has 0 heterocycles. The van der Waals surface area contributed by atoms with Crippen molar-refractivity contribution < 1.29 is 24.2 Å². The molecular weight excluding hydrogens is 228 g/mol. The van der Waals surface area contributed by atoms with Gasteiger partial charge in [0.05, 0.1) is 7.11 Å². The van der Waals surface area contributed by atoms with Crippen molar-refractivity contribution in [2.45, 2.75) is 25.8 Å². The largest absolute Gasteiger partial charge is 0.480 e. The molecule has 0 bridgehead atoms. The molecule has 0 radical (unpaired) electrons. The minimum Gasteiger partial charge on any atom is -0.480 e. The fraction of sp³-hybridized carbons (Fsp3) is 0.500. The molecule has 1 atom stereocenters. The first-order valence-corrected chi connectivity index (χ1v) is 4.72. The fourth-order valence-electron chi connectivity index (χ4n) is 0.595. The molecule has 7 nitrogen and oxygen atoms in total. The minimum absolute atomic E-state index is 0.0213. The normalized spacial score (nSPS) is 10.5. The second-order valence-electron chi connectivity index (χ2n) is 3.22. The van der Waals surface area contributed by atoms with E-state index in [0.717, 1.165) is 0 Å². The number of hydrogen-bond donors (Lipinski definition) is 3. The number of carboxylic acid groups (broad SMARTS) is 1. The van der Waals surface area contributed by atoms with Gasteiger partial charge in [0.25, 0.3) is 0 Å². The van der Waals surface area contributed by atoms with Crippen LogP contribution >= 0.6 is 0 Å². The minimum atomic E-state index is -1.11. The lowest BCUT2D eigenvalue weighted by atomic mass is 10.2. The van der Waals surface area contributed by atoms with Gasteiger partial charge in [0, 0.05) is 12.0 Å². The van der Waals surface area contributed by atoms with Gasteiger partial charge in [-0.05, 0) is 13.3 Å². The molecule has 1 unspecified atom stereocenters. The summed E-state index contributed by atoms with van der Waals surface area (Å²) in [6.07, 6.45) is 0.123. The smallest absolute Gasteiger partial charge is 0.332 e. The van der Waals surface area contributed by atoms with Crippen molar-refractivity contribution in [2.75, 3.05) is 7.11 Å². The zero-order chi connectivity index (χ0) is 14.0. The van der Waals surface area contributed by atoms with Crippen LogP contribution in [0.15, 0.2) is 12.2 Å². The molecule has 0 fully saturated rings. The molecule has 0 aromatic rings. The van der Waals surface area contributed by atoms with Gasteiger partial charge < -0.3 is 21.3 Å². The molecule has 0 aromatic carbocycles. The molecular formula is C10H18N2O5.